The normalized spacial score (nSPS) is 23.2. The largest absolute Gasteiger partial charge is 0.391 e. The molecule has 2 aliphatic rings. The van der Waals surface area contributed by atoms with Gasteiger partial charge in [0.05, 0.1) is 22.9 Å². The molecule has 8 nitrogen and oxygen atoms in total. The van der Waals surface area contributed by atoms with E-state index in [0.717, 1.165) is 12.8 Å². The quantitative estimate of drug-likeness (QED) is 0.840. The average Bonchev–Trinajstić information content (AvgIpc) is 3.12. The standard InChI is InChI=1S/C16H19N3O5S/c1-16(6-7-16)18-25(22,23)11-3-4-13-12(8-11)15(17-24-13)19-9-10(20)2-5-14(19)21/h3-4,8,10,18,20H,2,5-7,9H2,1H3/t10-/m1/s1. The number of sulfonamides is 1. The number of carbonyl (C=O) groups is 1. The molecule has 1 atom stereocenters. The molecule has 4 rings (SSSR count). The van der Waals surface area contributed by atoms with Gasteiger partial charge in [-0.3, -0.25) is 9.69 Å². The summed E-state index contributed by atoms with van der Waals surface area (Å²) in [6.45, 7) is 1.98. The lowest BCUT2D eigenvalue weighted by Gasteiger charge is -2.28. The number of anilines is 1. The molecule has 1 aliphatic carbocycles. The van der Waals surface area contributed by atoms with E-state index in [1.807, 2.05) is 6.92 Å². The molecular formula is C16H19N3O5S. The van der Waals surface area contributed by atoms with Crippen LogP contribution in [-0.2, 0) is 14.8 Å². The van der Waals surface area contributed by atoms with Crippen LogP contribution in [0.1, 0.15) is 32.6 Å². The second-order valence-electron chi connectivity index (χ2n) is 7.03. The van der Waals surface area contributed by atoms with Crippen molar-refractivity contribution in [2.24, 2.45) is 0 Å². The number of benzene rings is 1. The number of β-amino-alcohol motifs (C(OH)–C–C–N with tert-alkyl or cyclic N) is 1. The van der Waals surface area contributed by atoms with Crippen LogP contribution in [0.25, 0.3) is 11.0 Å². The highest BCUT2D eigenvalue weighted by Gasteiger charge is 2.41. The summed E-state index contributed by atoms with van der Waals surface area (Å²) in [4.78, 5) is 13.6. The molecule has 0 spiro atoms. The number of nitrogens with one attached hydrogen (secondary N) is 1. The topological polar surface area (TPSA) is 113 Å². The number of hydrogen-bond donors (Lipinski definition) is 2. The first kappa shape index (κ1) is 16.5. The van der Waals surface area contributed by atoms with E-state index in [2.05, 4.69) is 9.88 Å². The van der Waals surface area contributed by atoms with Gasteiger partial charge in [0.15, 0.2) is 11.4 Å². The molecule has 9 heteroatoms. The Labute approximate surface area is 144 Å². The van der Waals surface area contributed by atoms with Gasteiger partial charge < -0.3 is 9.63 Å². The summed E-state index contributed by atoms with van der Waals surface area (Å²) in [6.07, 6.45) is 1.62. The number of fused-ring (bicyclic) bond motifs is 1. The van der Waals surface area contributed by atoms with Crippen LogP contribution in [0.5, 0.6) is 0 Å². The number of hydrogen-bond acceptors (Lipinski definition) is 6. The molecule has 0 unspecified atom stereocenters. The lowest BCUT2D eigenvalue weighted by molar-refractivity contribution is -0.121. The maximum atomic E-state index is 12.6. The maximum Gasteiger partial charge on any atom is 0.241 e. The van der Waals surface area contributed by atoms with Crippen molar-refractivity contribution in [3.05, 3.63) is 18.2 Å². The first-order valence-electron chi connectivity index (χ1n) is 8.19. The zero-order chi connectivity index (χ0) is 17.8. The summed E-state index contributed by atoms with van der Waals surface area (Å²) in [5.41, 5.74) is 0.0116. The zero-order valence-corrected chi connectivity index (χ0v) is 14.5. The van der Waals surface area contributed by atoms with E-state index in [0.29, 0.717) is 17.4 Å². The maximum absolute atomic E-state index is 12.6. The van der Waals surface area contributed by atoms with Gasteiger partial charge in [-0.05, 0) is 44.4 Å². The molecule has 0 radical (unpaired) electrons. The monoisotopic (exact) mass is 365 g/mol. The van der Waals surface area contributed by atoms with Gasteiger partial charge in [-0.25, -0.2) is 13.1 Å². The first-order valence-corrected chi connectivity index (χ1v) is 9.68. The second-order valence-corrected chi connectivity index (χ2v) is 8.71. The second kappa shape index (κ2) is 5.52. The molecule has 2 heterocycles. The van der Waals surface area contributed by atoms with Crippen molar-refractivity contribution in [1.82, 2.24) is 9.88 Å². The fourth-order valence-electron chi connectivity index (χ4n) is 2.97. The molecule has 134 valence electrons. The Bertz CT molecular complexity index is 948. The number of nitrogens with zero attached hydrogens (tertiary/aromatic N) is 2. The number of rotatable bonds is 4. The molecule has 0 bridgehead atoms. The van der Waals surface area contributed by atoms with Crippen molar-refractivity contribution in [1.29, 1.82) is 0 Å². The number of amides is 1. The van der Waals surface area contributed by atoms with Gasteiger partial charge in [0.2, 0.25) is 15.9 Å². The van der Waals surface area contributed by atoms with Gasteiger partial charge in [0.1, 0.15) is 0 Å². The summed E-state index contributed by atoms with van der Waals surface area (Å²) in [5, 5.41) is 14.2. The highest BCUT2D eigenvalue weighted by atomic mass is 32.2. The zero-order valence-electron chi connectivity index (χ0n) is 13.7. The molecular weight excluding hydrogens is 346 g/mol. The molecule has 2 aromatic rings. The molecule has 1 saturated carbocycles. The minimum absolute atomic E-state index is 0.0996. The summed E-state index contributed by atoms with van der Waals surface area (Å²) >= 11 is 0. The average molecular weight is 365 g/mol. The van der Waals surface area contributed by atoms with Crippen LogP contribution in [0, 0.1) is 0 Å². The number of aliphatic hydroxyl groups is 1. The number of piperidine rings is 1. The Morgan fingerprint density at radius 3 is 2.88 bits per heavy atom. The van der Waals surface area contributed by atoms with E-state index >= 15 is 0 Å². The van der Waals surface area contributed by atoms with Crippen LogP contribution in [0.15, 0.2) is 27.6 Å². The first-order chi connectivity index (χ1) is 11.8. The van der Waals surface area contributed by atoms with Crippen molar-refractivity contribution in [3.63, 3.8) is 0 Å². The Kier molecular flexibility index (Phi) is 3.64. The van der Waals surface area contributed by atoms with Gasteiger partial charge >= 0.3 is 0 Å². The lowest BCUT2D eigenvalue weighted by atomic mass is 10.1. The summed E-state index contributed by atoms with van der Waals surface area (Å²) < 4.78 is 33.1. The van der Waals surface area contributed by atoms with E-state index in [1.54, 1.807) is 0 Å². The van der Waals surface area contributed by atoms with E-state index in [9.17, 15) is 18.3 Å². The molecule has 1 aromatic heterocycles. The highest BCUT2D eigenvalue weighted by molar-refractivity contribution is 7.89. The van der Waals surface area contributed by atoms with E-state index in [1.165, 1.54) is 23.1 Å². The van der Waals surface area contributed by atoms with Crippen molar-refractivity contribution < 1.29 is 22.8 Å². The van der Waals surface area contributed by atoms with Crippen LogP contribution in [0.3, 0.4) is 0 Å². The van der Waals surface area contributed by atoms with E-state index in [-0.39, 0.29) is 35.1 Å². The molecule has 25 heavy (non-hydrogen) atoms. The number of aromatic nitrogens is 1. The van der Waals surface area contributed by atoms with Gasteiger partial charge in [-0.15, -0.1) is 0 Å². The van der Waals surface area contributed by atoms with Crippen molar-refractivity contribution in [2.75, 3.05) is 11.4 Å². The van der Waals surface area contributed by atoms with E-state index < -0.39 is 16.1 Å². The minimum atomic E-state index is -3.67. The van der Waals surface area contributed by atoms with Crippen molar-refractivity contribution in [2.45, 2.75) is 49.1 Å². The van der Waals surface area contributed by atoms with Crippen molar-refractivity contribution in [3.8, 4) is 0 Å². The molecule has 1 amide bonds. The minimum Gasteiger partial charge on any atom is -0.391 e. The summed E-state index contributed by atoms with van der Waals surface area (Å²) in [5.74, 6) is 0.0748. The third-order valence-electron chi connectivity index (χ3n) is 4.75. The van der Waals surface area contributed by atoms with Gasteiger partial charge in [-0.1, -0.05) is 5.16 Å². The molecule has 1 saturated heterocycles. The highest BCUT2D eigenvalue weighted by Crippen LogP contribution is 2.37. The summed E-state index contributed by atoms with van der Waals surface area (Å²) in [7, 11) is -3.67. The SMILES string of the molecule is CC1(NS(=O)(=O)c2ccc3onc(N4C[C@H](O)CCC4=O)c3c2)CC1. The molecule has 2 N–H and O–H groups in total. The smallest absolute Gasteiger partial charge is 0.241 e. The van der Waals surface area contributed by atoms with Crippen molar-refractivity contribution >= 4 is 32.7 Å². The molecule has 1 aliphatic heterocycles. The number of carbonyl (C=O) groups excluding carboxylic acids is 1. The molecule has 1 aromatic carbocycles. The fraction of sp³-hybridized carbons (Fsp3) is 0.500. The number of aliphatic hydroxyl groups excluding tert-OH is 1. The Morgan fingerprint density at radius 1 is 1.40 bits per heavy atom. The molecule has 2 fully saturated rings. The van der Waals surface area contributed by atoms with Crippen LogP contribution in [0.2, 0.25) is 0 Å². The Balaban J connectivity index is 1.74. The fourth-order valence-corrected chi connectivity index (χ4v) is 4.46. The third kappa shape index (κ3) is 3.03. The lowest BCUT2D eigenvalue weighted by Crippen LogP contribution is -2.42. The Morgan fingerprint density at radius 2 is 2.16 bits per heavy atom. The predicted molar refractivity (Wildman–Crippen MR) is 89.6 cm³/mol. The summed E-state index contributed by atoms with van der Waals surface area (Å²) in [6, 6.07) is 4.45. The third-order valence-corrected chi connectivity index (χ3v) is 6.39. The van der Waals surface area contributed by atoms with Crippen LogP contribution in [-0.4, -0.2) is 42.8 Å². The van der Waals surface area contributed by atoms with Crippen LogP contribution in [0.4, 0.5) is 5.82 Å². The predicted octanol–water partition coefficient (Wildman–Crippen LogP) is 1.15. The Hall–Kier alpha value is -1.97. The van der Waals surface area contributed by atoms with Gasteiger partial charge in [0.25, 0.3) is 0 Å². The van der Waals surface area contributed by atoms with Crippen LogP contribution < -0.4 is 9.62 Å². The van der Waals surface area contributed by atoms with Gasteiger partial charge in [0, 0.05) is 12.0 Å². The van der Waals surface area contributed by atoms with E-state index in [4.69, 9.17) is 4.52 Å². The van der Waals surface area contributed by atoms with Gasteiger partial charge in [-0.2, -0.15) is 0 Å². The van der Waals surface area contributed by atoms with Crippen LogP contribution >= 0.6 is 0 Å².